The molecule has 0 unspecified atom stereocenters. The van der Waals surface area contributed by atoms with Crippen molar-refractivity contribution in [3.05, 3.63) is 58.5 Å². The van der Waals surface area contributed by atoms with Crippen LogP contribution in [-0.4, -0.2) is 9.67 Å². The van der Waals surface area contributed by atoms with Crippen molar-refractivity contribution in [3.8, 4) is 5.75 Å². The van der Waals surface area contributed by atoms with Crippen LogP contribution in [0.25, 0.3) is 0 Å². The van der Waals surface area contributed by atoms with E-state index in [2.05, 4.69) is 0 Å². The second-order valence-electron chi connectivity index (χ2n) is 3.75. The molecule has 0 spiro atoms. The highest BCUT2D eigenvalue weighted by Crippen LogP contribution is 2.19. The molecular formula is C13H13NO2S. The van der Waals surface area contributed by atoms with Gasteiger partial charge in [-0.2, -0.15) is 0 Å². The maximum absolute atomic E-state index is 11.5. The maximum Gasteiger partial charge on any atom is 0.293 e. The van der Waals surface area contributed by atoms with Crippen LogP contribution in [0.15, 0.2) is 52.3 Å². The van der Waals surface area contributed by atoms with Gasteiger partial charge in [-0.25, -0.2) is 0 Å². The van der Waals surface area contributed by atoms with Crippen LogP contribution in [0.1, 0.15) is 5.56 Å². The smallest absolute Gasteiger partial charge is 0.293 e. The van der Waals surface area contributed by atoms with Gasteiger partial charge in [0.2, 0.25) is 0 Å². The first kappa shape index (κ1) is 11.8. The van der Waals surface area contributed by atoms with Gasteiger partial charge in [-0.1, -0.05) is 17.7 Å². The molecule has 0 atom stereocenters. The Morgan fingerprint density at radius 1 is 1.24 bits per heavy atom. The number of nitrogens with zero attached hydrogens (tertiary/aromatic N) is 1. The van der Waals surface area contributed by atoms with E-state index in [-0.39, 0.29) is 11.3 Å². The highest BCUT2D eigenvalue weighted by atomic mass is 32.2. The van der Waals surface area contributed by atoms with Crippen LogP contribution in [0.2, 0.25) is 0 Å². The third-order valence-corrected chi connectivity index (χ3v) is 3.40. The lowest BCUT2D eigenvalue weighted by molar-refractivity contribution is 0.461. The van der Waals surface area contributed by atoms with Crippen molar-refractivity contribution in [3.63, 3.8) is 0 Å². The van der Waals surface area contributed by atoms with Crippen molar-refractivity contribution in [2.45, 2.75) is 17.7 Å². The van der Waals surface area contributed by atoms with Crippen molar-refractivity contribution in [2.24, 2.45) is 0 Å². The maximum atomic E-state index is 11.5. The van der Waals surface area contributed by atoms with E-state index >= 15 is 0 Å². The zero-order valence-corrected chi connectivity index (χ0v) is 10.3. The van der Waals surface area contributed by atoms with E-state index in [1.54, 1.807) is 24.0 Å². The van der Waals surface area contributed by atoms with Crippen molar-refractivity contribution < 1.29 is 5.11 Å². The predicted octanol–water partition coefficient (Wildman–Crippen LogP) is 2.61. The Morgan fingerprint density at radius 3 is 2.65 bits per heavy atom. The third kappa shape index (κ3) is 2.91. The summed E-state index contributed by atoms with van der Waals surface area (Å²) in [7, 11) is 0. The Kier molecular flexibility index (Phi) is 3.54. The standard InChI is InChI=1S/C13H13NO2S/c1-10-4-6-11(7-5-10)17-9-14-8-2-3-12(15)13(14)16/h2-8,15H,9H2,1H3. The number of benzene rings is 1. The fourth-order valence-electron chi connectivity index (χ4n) is 1.40. The Morgan fingerprint density at radius 2 is 1.94 bits per heavy atom. The first-order chi connectivity index (χ1) is 8.16. The minimum atomic E-state index is -0.355. The van der Waals surface area contributed by atoms with Crippen LogP contribution >= 0.6 is 11.8 Å². The van der Waals surface area contributed by atoms with Crippen LogP contribution in [0.3, 0.4) is 0 Å². The third-order valence-electron chi connectivity index (χ3n) is 2.39. The molecule has 1 heterocycles. The Labute approximate surface area is 104 Å². The van der Waals surface area contributed by atoms with Crippen molar-refractivity contribution in [1.82, 2.24) is 4.57 Å². The normalized spacial score (nSPS) is 10.4. The zero-order chi connectivity index (χ0) is 12.3. The summed E-state index contributed by atoms with van der Waals surface area (Å²) in [6, 6.07) is 11.2. The van der Waals surface area contributed by atoms with Crippen molar-refractivity contribution >= 4 is 11.8 Å². The first-order valence-corrected chi connectivity index (χ1v) is 6.23. The van der Waals surface area contributed by atoms with Crippen LogP contribution < -0.4 is 5.56 Å². The summed E-state index contributed by atoms with van der Waals surface area (Å²) < 4.78 is 1.49. The molecule has 1 aromatic heterocycles. The lowest BCUT2D eigenvalue weighted by atomic mass is 10.2. The molecule has 2 aromatic rings. The molecule has 0 fully saturated rings. The molecule has 1 aromatic carbocycles. The van der Waals surface area contributed by atoms with Crippen molar-refractivity contribution in [2.75, 3.05) is 0 Å². The lowest BCUT2D eigenvalue weighted by Crippen LogP contribution is -2.17. The number of aromatic nitrogens is 1. The van der Waals surface area contributed by atoms with E-state index in [4.69, 9.17) is 0 Å². The van der Waals surface area contributed by atoms with Gasteiger partial charge in [0.25, 0.3) is 5.56 Å². The molecule has 17 heavy (non-hydrogen) atoms. The number of rotatable bonds is 3. The van der Waals surface area contributed by atoms with Gasteiger partial charge in [-0.05, 0) is 31.2 Å². The van der Waals surface area contributed by atoms with Gasteiger partial charge in [0.15, 0.2) is 5.75 Å². The van der Waals surface area contributed by atoms with Crippen LogP contribution in [0, 0.1) is 6.92 Å². The molecule has 2 rings (SSSR count). The van der Waals surface area contributed by atoms with Crippen LogP contribution in [0.4, 0.5) is 0 Å². The molecule has 0 saturated carbocycles. The molecule has 0 aliphatic carbocycles. The van der Waals surface area contributed by atoms with Gasteiger partial charge >= 0.3 is 0 Å². The fraction of sp³-hybridized carbons (Fsp3) is 0.154. The predicted molar refractivity (Wildman–Crippen MR) is 69.4 cm³/mol. The second-order valence-corrected chi connectivity index (χ2v) is 4.77. The van der Waals surface area contributed by atoms with Gasteiger partial charge < -0.3 is 9.67 Å². The molecule has 0 saturated heterocycles. The molecule has 88 valence electrons. The van der Waals surface area contributed by atoms with E-state index < -0.39 is 0 Å². The first-order valence-electron chi connectivity index (χ1n) is 5.25. The minimum absolute atomic E-state index is 0.211. The monoisotopic (exact) mass is 247 g/mol. The quantitative estimate of drug-likeness (QED) is 0.848. The molecule has 0 radical (unpaired) electrons. The van der Waals surface area contributed by atoms with E-state index in [0.29, 0.717) is 5.88 Å². The topological polar surface area (TPSA) is 42.2 Å². The summed E-state index contributed by atoms with van der Waals surface area (Å²) in [5, 5.41) is 9.29. The number of aromatic hydroxyl groups is 1. The number of thioether (sulfide) groups is 1. The largest absolute Gasteiger partial charge is 0.503 e. The number of pyridine rings is 1. The van der Waals surface area contributed by atoms with Gasteiger partial charge in [0.1, 0.15) is 0 Å². The number of hydrogen-bond acceptors (Lipinski definition) is 3. The highest BCUT2D eigenvalue weighted by Gasteiger charge is 2.01. The molecule has 0 amide bonds. The Hall–Kier alpha value is -1.68. The van der Waals surface area contributed by atoms with E-state index in [1.807, 2.05) is 31.2 Å². The fourth-order valence-corrected chi connectivity index (χ4v) is 2.22. The molecule has 0 bridgehead atoms. The summed E-state index contributed by atoms with van der Waals surface area (Å²) in [5.74, 6) is 0.285. The molecular weight excluding hydrogens is 234 g/mol. The Balaban J connectivity index is 2.10. The van der Waals surface area contributed by atoms with Gasteiger partial charge in [-0.15, -0.1) is 11.8 Å². The van der Waals surface area contributed by atoms with E-state index in [0.717, 1.165) is 4.90 Å². The van der Waals surface area contributed by atoms with E-state index in [9.17, 15) is 9.90 Å². The summed E-state index contributed by atoms with van der Waals surface area (Å²) in [5.41, 5.74) is 0.857. The molecule has 1 N–H and O–H groups in total. The molecule has 0 aliphatic heterocycles. The summed E-state index contributed by atoms with van der Waals surface area (Å²) >= 11 is 1.56. The van der Waals surface area contributed by atoms with Crippen LogP contribution in [-0.2, 0) is 5.88 Å². The summed E-state index contributed by atoms with van der Waals surface area (Å²) in [6.07, 6.45) is 1.67. The summed E-state index contributed by atoms with van der Waals surface area (Å²) in [6.45, 7) is 2.04. The Bertz CT molecular complexity index is 560. The van der Waals surface area contributed by atoms with Crippen molar-refractivity contribution in [1.29, 1.82) is 0 Å². The second kappa shape index (κ2) is 5.10. The van der Waals surface area contributed by atoms with Crippen LogP contribution in [0.5, 0.6) is 5.75 Å². The molecule has 3 nitrogen and oxygen atoms in total. The number of aryl methyl sites for hydroxylation is 1. The SMILES string of the molecule is Cc1ccc(SCn2cccc(O)c2=O)cc1. The average Bonchev–Trinajstić information content (AvgIpc) is 2.33. The summed E-state index contributed by atoms with van der Waals surface area (Å²) in [4.78, 5) is 12.6. The van der Waals surface area contributed by atoms with Gasteiger partial charge in [-0.3, -0.25) is 4.79 Å². The lowest BCUT2D eigenvalue weighted by Gasteiger charge is -2.05. The minimum Gasteiger partial charge on any atom is -0.503 e. The number of hydrogen-bond donors (Lipinski definition) is 1. The van der Waals surface area contributed by atoms with E-state index in [1.165, 1.54) is 16.2 Å². The van der Waals surface area contributed by atoms with Gasteiger partial charge in [0.05, 0.1) is 5.88 Å². The average molecular weight is 247 g/mol. The van der Waals surface area contributed by atoms with Gasteiger partial charge in [0, 0.05) is 11.1 Å². The molecule has 4 heteroatoms. The highest BCUT2D eigenvalue weighted by molar-refractivity contribution is 7.98. The zero-order valence-electron chi connectivity index (χ0n) is 9.46. The molecule has 0 aliphatic rings.